The van der Waals surface area contributed by atoms with Crippen molar-refractivity contribution in [1.29, 1.82) is 0 Å². The summed E-state index contributed by atoms with van der Waals surface area (Å²) >= 11 is 0. The number of likely N-dealkylation sites (tertiary alicyclic amines) is 1. The molecule has 0 bridgehead atoms. The van der Waals surface area contributed by atoms with Gasteiger partial charge in [0.15, 0.2) is 0 Å². The van der Waals surface area contributed by atoms with Gasteiger partial charge in [-0.3, -0.25) is 18.7 Å². The van der Waals surface area contributed by atoms with Crippen LogP contribution < -0.4 is 16.0 Å². The summed E-state index contributed by atoms with van der Waals surface area (Å²) in [6, 6.07) is 4.17. The molecule has 1 N–H and O–H groups in total. The predicted molar refractivity (Wildman–Crippen MR) is 130 cm³/mol. The lowest BCUT2D eigenvalue weighted by molar-refractivity contribution is -0.130. The molecule has 0 atom stereocenters. The fraction of sp³-hybridized carbons (Fsp3) is 0.625. The number of carbonyl (C=O) groups is 1. The maximum Gasteiger partial charge on any atom is 0.331 e. The van der Waals surface area contributed by atoms with E-state index in [4.69, 9.17) is 0 Å². The number of fused-ring (bicyclic) bond motifs is 1. The van der Waals surface area contributed by atoms with Gasteiger partial charge in [0.1, 0.15) is 0 Å². The predicted octanol–water partition coefficient (Wildman–Crippen LogP) is 2.10. The quantitative estimate of drug-likeness (QED) is 0.667. The molecule has 2 aliphatic rings. The first kappa shape index (κ1) is 24.7. The van der Waals surface area contributed by atoms with E-state index >= 15 is 0 Å². The Morgan fingerprint density at radius 3 is 2.32 bits per heavy atom. The monoisotopic (exact) mass is 490 g/mol. The minimum Gasteiger partial charge on any atom is -0.343 e. The number of hydrogen-bond donors (Lipinski definition) is 1. The van der Waals surface area contributed by atoms with Gasteiger partial charge in [-0.25, -0.2) is 17.9 Å². The molecule has 186 valence electrons. The van der Waals surface area contributed by atoms with Gasteiger partial charge in [-0.15, -0.1) is 0 Å². The number of nitrogens with one attached hydrogen (secondary N) is 1. The number of carbonyl (C=O) groups excluding carboxylic acids is 1. The topological polar surface area (TPSA) is 110 Å². The fourth-order valence-electron chi connectivity index (χ4n) is 5.05. The van der Waals surface area contributed by atoms with E-state index in [9.17, 15) is 22.8 Å². The molecule has 1 aromatic heterocycles. The molecule has 0 radical (unpaired) electrons. The van der Waals surface area contributed by atoms with Crippen molar-refractivity contribution < 1.29 is 13.2 Å². The Morgan fingerprint density at radius 2 is 1.65 bits per heavy atom. The summed E-state index contributed by atoms with van der Waals surface area (Å²) in [5, 5.41) is 0.149. The Bertz CT molecular complexity index is 1270. The van der Waals surface area contributed by atoms with Crippen molar-refractivity contribution in [2.75, 3.05) is 13.1 Å². The molecular weight excluding hydrogens is 456 g/mol. The molecule has 34 heavy (non-hydrogen) atoms. The highest BCUT2D eigenvalue weighted by molar-refractivity contribution is 7.89. The van der Waals surface area contributed by atoms with Gasteiger partial charge in [-0.2, -0.15) is 0 Å². The van der Waals surface area contributed by atoms with E-state index in [0.29, 0.717) is 18.6 Å². The third kappa shape index (κ3) is 5.27. The number of rotatable bonds is 6. The zero-order valence-electron chi connectivity index (χ0n) is 19.8. The molecule has 2 aromatic rings. The number of sulfonamides is 1. The highest BCUT2D eigenvalue weighted by Gasteiger charge is 2.23. The van der Waals surface area contributed by atoms with Crippen LogP contribution in [0, 0.1) is 0 Å². The summed E-state index contributed by atoms with van der Waals surface area (Å²) < 4.78 is 31.4. The van der Waals surface area contributed by atoms with Crippen LogP contribution in [0.2, 0.25) is 0 Å². The molecule has 2 heterocycles. The first-order valence-electron chi connectivity index (χ1n) is 12.3. The number of hydrogen-bond acceptors (Lipinski definition) is 5. The van der Waals surface area contributed by atoms with Crippen LogP contribution in [0.1, 0.15) is 64.2 Å². The standard InChI is InChI=1S/C24H34N4O5S/c1-26-21-12-11-19(34(32,33)25-18-9-5-3-2-4-6-10-18)17-20(21)23(30)28(24(26)31)16-13-22(29)27-14-7-8-15-27/h11-12,17-18,25H,2-10,13-16H2,1H3. The molecule has 1 saturated carbocycles. The van der Waals surface area contributed by atoms with Crippen molar-refractivity contribution in [3.05, 3.63) is 39.0 Å². The van der Waals surface area contributed by atoms with E-state index in [1.807, 2.05) is 0 Å². The highest BCUT2D eigenvalue weighted by Crippen LogP contribution is 2.21. The van der Waals surface area contributed by atoms with Crippen LogP contribution in [0.15, 0.2) is 32.7 Å². The van der Waals surface area contributed by atoms with Crippen molar-refractivity contribution >= 4 is 26.8 Å². The molecular formula is C24H34N4O5S. The normalized spacial score (nSPS) is 18.2. The number of nitrogens with zero attached hydrogens (tertiary/aromatic N) is 3. The third-order valence-electron chi connectivity index (χ3n) is 7.07. The number of aryl methyl sites for hydroxylation is 1. The number of amides is 1. The minimum absolute atomic E-state index is 0.0116. The van der Waals surface area contributed by atoms with Gasteiger partial charge in [0.05, 0.1) is 15.8 Å². The molecule has 1 saturated heterocycles. The van der Waals surface area contributed by atoms with Crippen LogP contribution in [-0.4, -0.2) is 47.5 Å². The summed E-state index contributed by atoms with van der Waals surface area (Å²) in [4.78, 5) is 40.2. The smallest absolute Gasteiger partial charge is 0.331 e. The number of aromatic nitrogens is 2. The van der Waals surface area contributed by atoms with E-state index in [2.05, 4.69) is 4.72 Å². The maximum absolute atomic E-state index is 13.2. The SMILES string of the molecule is Cn1c(=O)n(CCC(=O)N2CCCC2)c(=O)c2cc(S(=O)(=O)NC3CCCCCCC3)ccc21. The molecule has 4 rings (SSSR count). The van der Waals surface area contributed by atoms with Crippen LogP contribution in [0.5, 0.6) is 0 Å². The van der Waals surface area contributed by atoms with Gasteiger partial charge in [-0.05, 0) is 43.9 Å². The summed E-state index contributed by atoms with van der Waals surface area (Å²) in [7, 11) is -2.27. The van der Waals surface area contributed by atoms with Crippen molar-refractivity contribution in [2.24, 2.45) is 7.05 Å². The summed E-state index contributed by atoms with van der Waals surface area (Å²) in [6.07, 6.45) is 9.01. The van der Waals surface area contributed by atoms with E-state index in [1.165, 1.54) is 29.2 Å². The van der Waals surface area contributed by atoms with Gasteiger partial charge in [-0.1, -0.05) is 32.1 Å². The van der Waals surface area contributed by atoms with E-state index < -0.39 is 21.3 Å². The second-order valence-corrected chi connectivity index (χ2v) is 11.2. The Balaban J connectivity index is 1.62. The van der Waals surface area contributed by atoms with Gasteiger partial charge in [0.25, 0.3) is 5.56 Å². The van der Waals surface area contributed by atoms with E-state index in [-0.39, 0.29) is 35.2 Å². The Morgan fingerprint density at radius 1 is 1.00 bits per heavy atom. The highest BCUT2D eigenvalue weighted by atomic mass is 32.2. The minimum atomic E-state index is -3.82. The van der Waals surface area contributed by atoms with Gasteiger partial charge in [0.2, 0.25) is 15.9 Å². The van der Waals surface area contributed by atoms with Crippen LogP contribution >= 0.6 is 0 Å². The third-order valence-corrected chi connectivity index (χ3v) is 8.59. The van der Waals surface area contributed by atoms with Gasteiger partial charge in [0, 0.05) is 39.1 Å². The molecule has 1 aliphatic heterocycles. The van der Waals surface area contributed by atoms with Crippen LogP contribution in [-0.2, 0) is 28.4 Å². The Labute approximate surface area is 199 Å². The summed E-state index contributed by atoms with van der Waals surface area (Å²) in [5.41, 5.74) is -0.729. The van der Waals surface area contributed by atoms with E-state index in [0.717, 1.165) is 55.9 Å². The molecule has 1 amide bonds. The van der Waals surface area contributed by atoms with Crippen LogP contribution in [0.3, 0.4) is 0 Å². The molecule has 0 spiro atoms. The molecule has 0 unspecified atom stereocenters. The lowest BCUT2D eigenvalue weighted by Crippen LogP contribution is -2.40. The Kier molecular flexibility index (Phi) is 7.57. The molecule has 1 aromatic carbocycles. The van der Waals surface area contributed by atoms with Gasteiger partial charge >= 0.3 is 5.69 Å². The average Bonchev–Trinajstić information content (AvgIpc) is 3.34. The van der Waals surface area contributed by atoms with Crippen LogP contribution in [0.25, 0.3) is 10.9 Å². The Hall–Kier alpha value is -2.46. The van der Waals surface area contributed by atoms with Crippen molar-refractivity contribution in [1.82, 2.24) is 18.8 Å². The number of benzene rings is 1. The summed E-state index contributed by atoms with van der Waals surface area (Å²) in [6.45, 7) is 1.38. The van der Waals surface area contributed by atoms with Crippen molar-refractivity contribution in [3.8, 4) is 0 Å². The largest absolute Gasteiger partial charge is 0.343 e. The molecule has 2 fully saturated rings. The molecule has 10 heteroatoms. The van der Waals surface area contributed by atoms with E-state index in [1.54, 1.807) is 11.9 Å². The second kappa shape index (κ2) is 10.4. The molecule has 1 aliphatic carbocycles. The maximum atomic E-state index is 13.2. The van der Waals surface area contributed by atoms with Crippen molar-refractivity contribution in [3.63, 3.8) is 0 Å². The first-order valence-corrected chi connectivity index (χ1v) is 13.8. The van der Waals surface area contributed by atoms with Crippen molar-refractivity contribution in [2.45, 2.75) is 81.7 Å². The zero-order valence-corrected chi connectivity index (χ0v) is 20.6. The fourth-order valence-corrected chi connectivity index (χ4v) is 6.38. The lowest BCUT2D eigenvalue weighted by atomic mass is 9.97. The van der Waals surface area contributed by atoms with Gasteiger partial charge < -0.3 is 4.90 Å². The lowest BCUT2D eigenvalue weighted by Gasteiger charge is -2.21. The summed E-state index contributed by atoms with van der Waals surface area (Å²) in [5.74, 6) is -0.0775. The average molecular weight is 491 g/mol. The second-order valence-electron chi connectivity index (χ2n) is 9.48. The zero-order chi connectivity index (χ0) is 24.3. The van der Waals surface area contributed by atoms with Crippen LogP contribution in [0.4, 0.5) is 0 Å². The first-order chi connectivity index (χ1) is 16.3. The molecule has 9 nitrogen and oxygen atoms in total.